The molecule has 0 amide bonds. The van der Waals surface area contributed by atoms with Crippen molar-refractivity contribution in [1.29, 1.82) is 0 Å². The Bertz CT molecular complexity index is 622. The van der Waals surface area contributed by atoms with E-state index in [1.165, 1.54) is 11.3 Å². The number of aromatic nitrogens is 3. The number of halogens is 1. The Balaban J connectivity index is 1.76. The first-order valence-corrected chi connectivity index (χ1v) is 7.68. The summed E-state index contributed by atoms with van der Waals surface area (Å²) in [7, 11) is 0. The van der Waals surface area contributed by atoms with Gasteiger partial charge in [0, 0.05) is 30.4 Å². The molecule has 0 radical (unpaired) electrons. The first kappa shape index (κ1) is 12.4. The summed E-state index contributed by atoms with van der Waals surface area (Å²) >= 11 is 10.1. The van der Waals surface area contributed by atoms with Gasteiger partial charge in [0.15, 0.2) is 4.77 Å². The van der Waals surface area contributed by atoms with Gasteiger partial charge in [0.2, 0.25) is 0 Å². The zero-order chi connectivity index (χ0) is 12.5. The molecule has 7 heteroatoms. The number of nitrogens with one attached hydrogen (secondary N) is 1. The molecular formula is C11H11BrN4S2. The highest BCUT2D eigenvalue weighted by molar-refractivity contribution is 9.10. The van der Waals surface area contributed by atoms with E-state index in [0.717, 1.165) is 35.7 Å². The van der Waals surface area contributed by atoms with Gasteiger partial charge in [-0.3, -0.25) is 4.90 Å². The van der Waals surface area contributed by atoms with E-state index in [1.807, 2.05) is 11.6 Å². The molecule has 18 heavy (non-hydrogen) atoms. The fraction of sp³-hybridized carbons (Fsp3) is 0.364. The predicted molar refractivity (Wildman–Crippen MR) is 77.1 cm³/mol. The third-order valence-electron chi connectivity index (χ3n) is 2.94. The van der Waals surface area contributed by atoms with Crippen molar-refractivity contribution in [2.24, 2.45) is 0 Å². The Kier molecular flexibility index (Phi) is 3.56. The molecule has 0 aliphatic carbocycles. The quantitative estimate of drug-likeness (QED) is 0.852. The third-order valence-corrected chi connectivity index (χ3v) is 4.70. The predicted octanol–water partition coefficient (Wildman–Crippen LogP) is 2.92. The maximum absolute atomic E-state index is 5.07. The molecule has 0 unspecified atom stereocenters. The molecule has 0 atom stereocenters. The fourth-order valence-electron chi connectivity index (χ4n) is 2.08. The van der Waals surface area contributed by atoms with Crippen molar-refractivity contribution in [3.63, 3.8) is 0 Å². The van der Waals surface area contributed by atoms with E-state index in [1.54, 1.807) is 11.3 Å². The molecule has 3 heterocycles. The SMILES string of the molecule is S=c1ncc2c([nH]1)CN(Cc1nc(Br)cs1)CC2. The van der Waals surface area contributed by atoms with Gasteiger partial charge in [-0.2, -0.15) is 0 Å². The van der Waals surface area contributed by atoms with Crippen LogP contribution >= 0.6 is 39.5 Å². The van der Waals surface area contributed by atoms with Crippen LogP contribution in [0.4, 0.5) is 0 Å². The Morgan fingerprint density at radius 3 is 3.22 bits per heavy atom. The van der Waals surface area contributed by atoms with Crippen molar-refractivity contribution in [1.82, 2.24) is 19.9 Å². The van der Waals surface area contributed by atoms with E-state index in [0.29, 0.717) is 4.77 Å². The number of aromatic amines is 1. The van der Waals surface area contributed by atoms with Gasteiger partial charge in [-0.15, -0.1) is 11.3 Å². The maximum atomic E-state index is 5.07. The van der Waals surface area contributed by atoms with Crippen molar-refractivity contribution in [3.8, 4) is 0 Å². The number of hydrogen-bond donors (Lipinski definition) is 1. The van der Waals surface area contributed by atoms with Gasteiger partial charge in [-0.25, -0.2) is 9.97 Å². The third kappa shape index (κ3) is 2.69. The zero-order valence-corrected chi connectivity index (χ0v) is 12.7. The Labute approximate surface area is 122 Å². The number of nitrogens with zero attached hydrogens (tertiary/aromatic N) is 3. The minimum atomic E-state index is 0.563. The lowest BCUT2D eigenvalue weighted by atomic mass is 10.1. The minimum absolute atomic E-state index is 0.563. The molecule has 0 saturated heterocycles. The van der Waals surface area contributed by atoms with E-state index >= 15 is 0 Å². The second-order valence-electron chi connectivity index (χ2n) is 4.22. The highest BCUT2D eigenvalue weighted by Crippen LogP contribution is 2.21. The Morgan fingerprint density at radius 2 is 2.44 bits per heavy atom. The van der Waals surface area contributed by atoms with Crippen LogP contribution < -0.4 is 0 Å². The summed E-state index contributed by atoms with van der Waals surface area (Å²) in [4.78, 5) is 14.1. The van der Waals surface area contributed by atoms with Gasteiger partial charge in [-0.1, -0.05) is 0 Å². The molecule has 94 valence electrons. The van der Waals surface area contributed by atoms with Crippen molar-refractivity contribution < 1.29 is 0 Å². The van der Waals surface area contributed by atoms with Crippen LogP contribution in [0.5, 0.6) is 0 Å². The summed E-state index contributed by atoms with van der Waals surface area (Å²) in [5.74, 6) is 0. The number of H-pyrrole nitrogens is 1. The lowest BCUT2D eigenvalue weighted by molar-refractivity contribution is 0.240. The van der Waals surface area contributed by atoms with Crippen LogP contribution in [0, 0.1) is 4.77 Å². The molecule has 0 fully saturated rings. The molecule has 0 aromatic carbocycles. The molecule has 0 bridgehead atoms. The largest absolute Gasteiger partial charge is 0.333 e. The van der Waals surface area contributed by atoms with Gasteiger partial charge in [-0.05, 0) is 40.1 Å². The molecule has 1 aliphatic heterocycles. The van der Waals surface area contributed by atoms with Crippen molar-refractivity contribution in [2.45, 2.75) is 19.5 Å². The van der Waals surface area contributed by atoms with E-state index in [-0.39, 0.29) is 0 Å². The summed E-state index contributed by atoms with van der Waals surface area (Å²) in [6.45, 7) is 2.81. The molecule has 0 saturated carbocycles. The fourth-order valence-corrected chi connectivity index (χ4v) is 3.56. The van der Waals surface area contributed by atoms with Gasteiger partial charge in [0.05, 0.1) is 6.54 Å². The first-order chi connectivity index (χ1) is 8.70. The van der Waals surface area contributed by atoms with Gasteiger partial charge in [0.25, 0.3) is 0 Å². The van der Waals surface area contributed by atoms with E-state index in [2.05, 4.69) is 35.8 Å². The summed E-state index contributed by atoms with van der Waals surface area (Å²) < 4.78 is 1.48. The normalized spacial score (nSPS) is 15.6. The molecule has 1 N–H and O–H groups in total. The van der Waals surface area contributed by atoms with Crippen LogP contribution in [0.25, 0.3) is 0 Å². The lowest BCUT2D eigenvalue weighted by Crippen LogP contribution is -2.30. The van der Waals surface area contributed by atoms with Crippen molar-refractivity contribution in [2.75, 3.05) is 6.54 Å². The molecule has 4 nitrogen and oxygen atoms in total. The Hall–Kier alpha value is -0.630. The molecule has 3 rings (SSSR count). The standard InChI is InChI=1S/C11H11BrN4S2/c12-9-6-18-10(15-9)5-16-2-1-7-3-13-11(17)14-8(7)4-16/h3,6H,1-2,4-5H2,(H,13,14,17). The molecular weight excluding hydrogens is 332 g/mol. The van der Waals surface area contributed by atoms with Crippen molar-refractivity contribution >= 4 is 39.5 Å². The number of hydrogen-bond acceptors (Lipinski definition) is 5. The van der Waals surface area contributed by atoms with Crippen LogP contribution in [-0.2, 0) is 19.5 Å². The monoisotopic (exact) mass is 342 g/mol. The average Bonchev–Trinajstić information content (AvgIpc) is 2.74. The summed E-state index contributed by atoms with van der Waals surface area (Å²) in [6.07, 6.45) is 2.91. The zero-order valence-electron chi connectivity index (χ0n) is 9.52. The second-order valence-corrected chi connectivity index (χ2v) is 6.36. The van der Waals surface area contributed by atoms with Crippen molar-refractivity contribution in [3.05, 3.63) is 37.2 Å². The van der Waals surface area contributed by atoms with E-state index in [9.17, 15) is 0 Å². The molecule has 2 aromatic heterocycles. The second kappa shape index (κ2) is 5.16. The lowest BCUT2D eigenvalue weighted by Gasteiger charge is -2.27. The Morgan fingerprint density at radius 1 is 1.56 bits per heavy atom. The van der Waals surface area contributed by atoms with E-state index < -0.39 is 0 Å². The molecule has 2 aromatic rings. The van der Waals surface area contributed by atoms with Crippen LogP contribution in [0.1, 0.15) is 16.3 Å². The average molecular weight is 343 g/mol. The highest BCUT2D eigenvalue weighted by atomic mass is 79.9. The van der Waals surface area contributed by atoms with Crippen LogP contribution in [0.2, 0.25) is 0 Å². The smallest absolute Gasteiger partial charge is 0.196 e. The number of fused-ring (bicyclic) bond motifs is 1. The van der Waals surface area contributed by atoms with Gasteiger partial charge in [0.1, 0.15) is 9.61 Å². The molecule has 0 spiro atoms. The van der Waals surface area contributed by atoms with Gasteiger partial charge < -0.3 is 4.98 Å². The number of thiazole rings is 1. The summed E-state index contributed by atoms with van der Waals surface area (Å²) in [5.41, 5.74) is 2.47. The van der Waals surface area contributed by atoms with Gasteiger partial charge >= 0.3 is 0 Å². The number of rotatable bonds is 2. The molecule has 1 aliphatic rings. The maximum Gasteiger partial charge on any atom is 0.196 e. The topological polar surface area (TPSA) is 44.8 Å². The summed E-state index contributed by atoms with van der Waals surface area (Å²) in [5, 5.41) is 3.16. The highest BCUT2D eigenvalue weighted by Gasteiger charge is 2.18. The van der Waals surface area contributed by atoms with Crippen LogP contribution in [0.15, 0.2) is 16.2 Å². The summed E-state index contributed by atoms with van der Waals surface area (Å²) in [6, 6.07) is 0. The van der Waals surface area contributed by atoms with E-state index in [4.69, 9.17) is 12.2 Å². The van der Waals surface area contributed by atoms with Crippen LogP contribution in [0.3, 0.4) is 0 Å². The first-order valence-electron chi connectivity index (χ1n) is 5.60. The van der Waals surface area contributed by atoms with Crippen LogP contribution in [-0.4, -0.2) is 26.4 Å². The minimum Gasteiger partial charge on any atom is -0.333 e.